The summed E-state index contributed by atoms with van der Waals surface area (Å²) in [7, 11) is -3.06. The molecule has 8 rings (SSSR count). The molecule has 0 amide bonds. The maximum atomic E-state index is 14.9. The van der Waals surface area contributed by atoms with Crippen molar-refractivity contribution in [2.75, 3.05) is 0 Å². The number of hydrogen-bond acceptors (Lipinski definition) is 3. The Balaban J connectivity index is 1.24. The van der Waals surface area contributed by atoms with E-state index in [2.05, 4.69) is 54.6 Å². The van der Waals surface area contributed by atoms with Crippen LogP contribution >= 0.6 is 7.14 Å². The number of imidazole rings is 1. The Hall–Kier alpha value is -5.31. The van der Waals surface area contributed by atoms with Crippen LogP contribution < -0.4 is 15.9 Å². The molecule has 8 aromatic rings. The van der Waals surface area contributed by atoms with E-state index in [1.165, 1.54) is 0 Å². The van der Waals surface area contributed by atoms with Gasteiger partial charge in [-0.2, -0.15) is 0 Å². The number of benzene rings is 5. The summed E-state index contributed by atoms with van der Waals surface area (Å²) in [5, 5.41) is 4.63. The van der Waals surface area contributed by atoms with Gasteiger partial charge in [-0.25, -0.2) is 9.97 Å². The minimum Gasteiger partial charge on any atom is -0.309 e. The molecule has 43 heavy (non-hydrogen) atoms. The van der Waals surface area contributed by atoms with Crippen molar-refractivity contribution in [3.05, 3.63) is 158 Å². The highest BCUT2D eigenvalue weighted by Crippen LogP contribution is 2.43. The first-order valence-electron chi connectivity index (χ1n) is 14.3. The van der Waals surface area contributed by atoms with E-state index in [0.29, 0.717) is 0 Å². The van der Waals surface area contributed by atoms with Gasteiger partial charge in [0, 0.05) is 38.4 Å². The number of pyridine rings is 2. The molecule has 0 saturated carbocycles. The normalized spacial score (nSPS) is 11.8. The third kappa shape index (κ3) is 4.19. The van der Waals surface area contributed by atoms with Crippen molar-refractivity contribution in [2.24, 2.45) is 0 Å². The van der Waals surface area contributed by atoms with Crippen LogP contribution in [0.3, 0.4) is 0 Å². The van der Waals surface area contributed by atoms with Crippen molar-refractivity contribution >= 4 is 50.6 Å². The van der Waals surface area contributed by atoms with Gasteiger partial charge in [0.2, 0.25) is 0 Å². The fraction of sp³-hybridized carbons (Fsp3) is 0. The second kappa shape index (κ2) is 10.2. The van der Waals surface area contributed by atoms with Gasteiger partial charge in [0.1, 0.15) is 11.2 Å². The predicted octanol–water partition coefficient (Wildman–Crippen LogP) is 8.01. The fourth-order valence-corrected chi connectivity index (χ4v) is 8.67. The number of hydrogen-bond donors (Lipinski definition) is 0. The zero-order valence-corrected chi connectivity index (χ0v) is 24.1. The quantitative estimate of drug-likeness (QED) is 0.197. The van der Waals surface area contributed by atoms with Gasteiger partial charge >= 0.3 is 0 Å². The Labute approximate surface area is 249 Å². The first-order valence-corrected chi connectivity index (χ1v) is 16.0. The Bertz CT molecular complexity index is 2270. The average Bonchev–Trinajstić information content (AvgIpc) is 3.47. The van der Waals surface area contributed by atoms with Gasteiger partial charge in [-0.05, 0) is 29.3 Å². The molecular weight excluding hydrogens is 545 g/mol. The highest BCUT2D eigenvalue weighted by atomic mass is 31.2. The molecule has 0 spiro atoms. The molecule has 4 nitrogen and oxygen atoms in total. The molecule has 0 aliphatic carbocycles. The zero-order valence-electron chi connectivity index (χ0n) is 23.2. The third-order valence-corrected chi connectivity index (χ3v) is 11.2. The van der Waals surface area contributed by atoms with E-state index in [1.807, 2.05) is 108 Å². The van der Waals surface area contributed by atoms with Gasteiger partial charge in [-0.15, -0.1) is 0 Å². The lowest BCUT2D eigenvalue weighted by Crippen LogP contribution is -2.25. The highest BCUT2D eigenvalue weighted by Gasteiger charge is 2.29. The SMILES string of the molecule is O=P(c1ccccc1)(c1ccccc1)c1cccc(-c2ccc(-c3nc4c(nc5ccccn54)c4ccccc34)cc2)c1. The summed E-state index contributed by atoms with van der Waals surface area (Å²) in [6, 6.07) is 50.6. The van der Waals surface area contributed by atoms with Crippen molar-refractivity contribution in [2.45, 2.75) is 0 Å². The molecule has 3 heterocycles. The van der Waals surface area contributed by atoms with Crippen molar-refractivity contribution in [1.29, 1.82) is 0 Å². The van der Waals surface area contributed by atoms with Crippen molar-refractivity contribution in [1.82, 2.24) is 14.4 Å². The maximum Gasteiger partial charge on any atom is 0.171 e. The van der Waals surface area contributed by atoms with Crippen LogP contribution in [0.5, 0.6) is 0 Å². The Morgan fingerprint density at radius 2 is 1.09 bits per heavy atom. The topological polar surface area (TPSA) is 47.3 Å². The minimum absolute atomic E-state index is 0.817. The van der Waals surface area contributed by atoms with Crippen LogP contribution in [0.15, 0.2) is 158 Å². The molecule has 0 aliphatic rings. The van der Waals surface area contributed by atoms with Crippen molar-refractivity contribution in [3.63, 3.8) is 0 Å². The van der Waals surface area contributed by atoms with Crippen LogP contribution in [0.25, 0.3) is 50.0 Å². The van der Waals surface area contributed by atoms with E-state index >= 15 is 0 Å². The molecule has 0 atom stereocenters. The van der Waals surface area contributed by atoms with Gasteiger partial charge < -0.3 is 4.57 Å². The summed E-state index contributed by atoms with van der Waals surface area (Å²) in [6.07, 6.45) is 2.01. The summed E-state index contributed by atoms with van der Waals surface area (Å²) in [4.78, 5) is 10.0. The number of rotatable bonds is 5. The summed E-state index contributed by atoms with van der Waals surface area (Å²) in [5.74, 6) is 0. The molecular formula is C38H26N3OP. The zero-order chi connectivity index (χ0) is 28.8. The van der Waals surface area contributed by atoms with Gasteiger partial charge in [-0.3, -0.25) is 4.40 Å². The molecule has 0 N–H and O–H groups in total. The van der Waals surface area contributed by atoms with Gasteiger partial charge in [0.25, 0.3) is 0 Å². The van der Waals surface area contributed by atoms with Gasteiger partial charge in [0.05, 0.1) is 5.69 Å². The lowest BCUT2D eigenvalue weighted by molar-refractivity contribution is 0.592. The van der Waals surface area contributed by atoms with Crippen LogP contribution in [-0.4, -0.2) is 14.4 Å². The molecule has 0 bridgehead atoms. The van der Waals surface area contributed by atoms with E-state index in [9.17, 15) is 4.57 Å². The molecule has 5 heteroatoms. The van der Waals surface area contributed by atoms with Crippen LogP contribution in [-0.2, 0) is 4.57 Å². The summed E-state index contributed by atoms with van der Waals surface area (Å²) >= 11 is 0. The number of nitrogens with zero attached hydrogens (tertiary/aromatic N) is 3. The molecule has 0 saturated heterocycles. The third-order valence-electron chi connectivity index (χ3n) is 8.10. The Morgan fingerprint density at radius 3 is 1.81 bits per heavy atom. The molecule has 204 valence electrons. The van der Waals surface area contributed by atoms with E-state index < -0.39 is 7.14 Å². The fourth-order valence-electron chi connectivity index (χ4n) is 5.98. The second-order valence-corrected chi connectivity index (χ2v) is 13.4. The Kier molecular flexibility index (Phi) is 6.03. The van der Waals surface area contributed by atoms with Gasteiger partial charge in [0.15, 0.2) is 12.8 Å². The first-order chi connectivity index (χ1) is 21.2. The monoisotopic (exact) mass is 571 g/mol. The van der Waals surface area contributed by atoms with E-state index in [-0.39, 0.29) is 0 Å². The predicted molar refractivity (Wildman–Crippen MR) is 178 cm³/mol. The second-order valence-electron chi connectivity index (χ2n) is 10.6. The summed E-state index contributed by atoms with van der Waals surface area (Å²) in [5.41, 5.74) is 6.66. The summed E-state index contributed by atoms with van der Waals surface area (Å²) < 4.78 is 17.0. The smallest absolute Gasteiger partial charge is 0.171 e. The maximum absolute atomic E-state index is 14.9. The van der Waals surface area contributed by atoms with Crippen LogP contribution in [0.2, 0.25) is 0 Å². The molecule has 0 aliphatic heterocycles. The van der Waals surface area contributed by atoms with Crippen molar-refractivity contribution in [3.8, 4) is 22.4 Å². The lowest BCUT2D eigenvalue weighted by Gasteiger charge is -2.20. The average molecular weight is 572 g/mol. The minimum atomic E-state index is -3.06. The molecule has 5 aromatic carbocycles. The molecule has 0 unspecified atom stereocenters. The molecule has 0 fully saturated rings. The number of aromatic nitrogens is 3. The molecule has 0 radical (unpaired) electrons. The summed E-state index contributed by atoms with van der Waals surface area (Å²) in [6.45, 7) is 0. The van der Waals surface area contributed by atoms with Gasteiger partial charge in [-0.1, -0.05) is 133 Å². The van der Waals surface area contributed by atoms with E-state index in [1.54, 1.807) is 0 Å². The largest absolute Gasteiger partial charge is 0.309 e. The van der Waals surface area contributed by atoms with Crippen LogP contribution in [0.4, 0.5) is 0 Å². The van der Waals surface area contributed by atoms with E-state index in [0.717, 1.165) is 65.9 Å². The van der Waals surface area contributed by atoms with E-state index in [4.69, 9.17) is 9.97 Å². The standard InChI is InChI=1S/C38H26N3OP/c42-43(30-13-3-1-4-14-30,31-15-5-2-6-16-31)32-17-11-12-29(26-32)27-21-23-28(24-22-27)36-33-18-7-8-19-34(33)37-38(40-36)41-25-10-9-20-35(41)39-37/h1-26H. The lowest BCUT2D eigenvalue weighted by atomic mass is 10.00. The van der Waals surface area contributed by atoms with Crippen LogP contribution in [0, 0.1) is 0 Å². The van der Waals surface area contributed by atoms with Crippen LogP contribution in [0.1, 0.15) is 0 Å². The first kappa shape index (κ1) is 25.4. The molecule has 3 aromatic heterocycles. The Morgan fingerprint density at radius 1 is 0.488 bits per heavy atom. The number of fused-ring (bicyclic) bond motifs is 5. The van der Waals surface area contributed by atoms with Crippen molar-refractivity contribution < 1.29 is 4.57 Å². The highest BCUT2D eigenvalue weighted by molar-refractivity contribution is 7.85.